The first-order valence-electron chi connectivity index (χ1n) is 10.7. The minimum atomic E-state index is -1.18. The van der Waals surface area contributed by atoms with Gasteiger partial charge in [0.2, 0.25) is 11.9 Å². The fourth-order valence-corrected chi connectivity index (χ4v) is 4.20. The second kappa shape index (κ2) is 8.78. The number of esters is 1. The molecule has 0 N–H and O–H groups in total. The van der Waals surface area contributed by atoms with E-state index >= 15 is 0 Å². The number of nitro groups is 1. The lowest BCUT2D eigenvalue weighted by molar-refractivity contribution is -0.384. The lowest BCUT2D eigenvalue weighted by Gasteiger charge is -2.37. The Bertz CT molecular complexity index is 1190. The van der Waals surface area contributed by atoms with E-state index in [4.69, 9.17) is 9.72 Å². The zero-order valence-electron chi connectivity index (χ0n) is 17.9. The van der Waals surface area contributed by atoms with Gasteiger partial charge in [-0.05, 0) is 31.0 Å². The summed E-state index contributed by atoms with van der Waals surface area (Å²) >= 11 is 0. The number of nitro benzene ring substituents is 1. The highest BCUT2D eigenvalue weighted by Gasteiger charge is 2.47. The molecule has 2 heterocycles. The Morgan fingerprint density at radius 2 is 1.97 bits per heavy atom. The number of non-ortho nitro benzene ring substituents is 1. The van der Waals surface area contributed by atoms with Crippen molar-refractivity contribution in [3.8, 4) is 0 Å². The molecule has 32 heavy (non-hydrogen) atoms. The van der Waals surface area contributed by atoms with E-state index in [0.717, 1.165) is 18.4 Å². The van der Waals surface area contributed by atoms with Crippen molar-refractivity contribution in [2.24, 2.45) is 5.92 Å². The van der Waals surface area contributed by atoms with Crippen LogP contribution in [-0.2, 0) is 14.3 Å². The van der Waals surface area contributed by atoms with Crippen LogP contribution in [0, 0.1) is 16.0 Å². The van der Waals surface area contributed by atoms with E-state index in [1.54, 1.807) is 24.0 Å². The average Bonchev–Trinajstić information content (AvgIpc) is 3.17. The molecule has 1 aromatic heterocycles. The van der Waals surface area contributed by atoms with E-state index < -0.39 is 28.8 Å². The molecule has 4 rings (SSSR count). The minimum absolute atomic E-state index is 0.114. The molecule has 2 atom stereocenters. The summed E-state index contributed by atoms with van der Waals surface area (Å²) in [6, 6.07) is 12.6. The number of anilines is 1. The third-order valence-corrected chi connectivity index (χ3v) is 5.64. The predicted octanol–water partition coefficient (Wildman–Crippen LogP) is 3.86. The van der Waals surface area contributed by atoms with Crippen molar-refractivity contribution in [2.45, 2.75) is 32.7 Å². The molecule has 9 nitrogen and oxygen atoms in total. The molecule has 3 aromatic rings. The summed E-state index contributed by atoms with van der Waals surface area (Å²) in [6.45, 7) is 4.24. The zero-order chi connectivity index (χ0) is 22.8. The van der Waals surface area contributed by atoms with Crippen molar-refractivity contribution >= 4 is 34.5 Å². The van der Waals surface area contributed by atoms with Crippen LogP contribution in [0.1, 0.15) is 38.3 Å². The molecule has 0 saturated heterocycles. The number of carbonyl (C=O) groups excluding carboxylic acids is 2. The summed E-state index contributed by atoms with van der Waals surface area (Å²) in [5.74, 6) is -1.81. The van der Waals surface area contributed by atoms with Gasteiger partial charge in [-0.25, -0.2) is 4.98 Å². The van der Waals surface area contributed by atoms with Gasteiger partial charge in [0, 0.05) is 18.7 Å². The Morgan fingerprint density at radius 3 is 2.69 bits per heavy atom. The van der Waals surface area contributed by atoms with E-state index in [1.165, 1.54) is 12.1 Å². The number of unbranched alkanes of at least 4 members (excludes halogenated alkanes) is 1. The van der Waals surface area contributed by atoms with Gasteiger partial charge in [0.25, 0.3) is 5.69 Å². The smallest absolute Gasteiger partial charge is 0.321 e. The molecule has 2 aromatic carbocycles. The predicted molar refractivity (Wildman–Crippen MR) is 118 cm³/mol. The maximum atomic E-state index is 13.6. The van der Waals surface area contributed by atoms with Gasteiger partial charge in [0.05, 0.1) is 28.6 Å². The van der Waals surface area contributed by atoms with Crippen LogP contribution < -0.4 is 4.90 Å². The topological polar surface area (TPSA) is 108 Å². The molecular formula is C23H24N4O5. The van der Waals surface area contributed by atoms with Crippen LogP contribution in [0.25, 0.3) is 11.0 Å². The zero-order valence-corrected chi connectivity index (χ0v) is 17.9. The highest BCUT2D eigenvalue weighted by Crippen LogP contribution is 2.42. The molecule has 0 spiro atoms. The third-order valence-electron chi connectivity index (χ3n) is 5.64. The van der Waals surface area contributed by atoms with Gasteiger partial charge in [0.15, 0.2) is 5.92 Å². The maximum absolute atomic E-state index is 13.6. The van der Waals surface area contributed by atoms with Crippen LogP contribution in [-0.4, -0.2) is 39.5 Å². The van der Waals surface area contributed by atoms with E-state index in [0.29, 0.717) is 23.6 Å². The van der Waals surface area contributed by atoms with Crippen LogP contribution in [0.4, 0.5) is 11.6 Å². The van der Waals surface area contributed by atoms with Crippen LogP contribution in [0.15, 0.2) is 48.5 Å². The van der Waals surface area contributed by atoms with E-state index in [1.807, 2.05) is 35.8 Å². The van der Waals surface area contributed by atoms with E-state index in [2.05, 4.69) is 0 Å². The monoisotopic (exact) mass is 436 g/mol. The number of benzene rings is 2. The summed E-state index contributed by atoms with van der Waals surface area (Å²) < 4.78 is 7.12. The number of rotatable bonds is 7. The quantitative estimate of drug-likeness (QED) is 0.241. The average molecular weight is 436 g/mol. The van der Waals surface area contributed by atoms with Gasteiger partial charge in [-0.15, -0.1) is 0 Å². The number of para-hydroxylation sites is 2. The summed E-state index contributed by atoms with van der Waals surface area (Å²) in [5, 5.41) is 11.4. The molecule has 0 aliphatic carbocycles. The Balaban J connectivity index is 1.99. The van der Waals surface area contributed by atoms with Gasteiger partial charge >= 0.3 is 5.97 Å². The number of ether oxygens (including phenoxy) is 1. The molecule has 0 saturated carbocycles. The number of aromatic nitrogens is 2. The first-order valence-corrected chi connectivity index (χ1v) is 10.7. The normalized spacial score (nSPS) is 17.9. The first kappa shape index (κ1) is 21.5. The number of amides is 1. The lowest BCUT2D eigenvalue weighted by atomic mass is 9.89. The van der Waals surface area contributed by atoms with Crippen molar-refractivity contribution in [3.05, 3.63) is 64.2 Å². The fourth-order valence-electron chi connectivity index (χ4n) is 4.20. The molecule has 0 unspecified atom stereocenters. The molecule has 0 bridgehead atoms. The number of imidazole rings is 1. The Morgan fingerprint density at radius 1 is 1.19 bits per heavy atom. The van der Waals surface area contributed by atoms with Gasteiger partial charge in [-0.3, -0.25) is 24.6 Å². The highest BCUT2D eigenvalue weighted by molar-refractivity contribution is 6.08. The van der Waals surface area contributed by atoms with Crippen LogP contribution >= 0.6 is 0 Å². The van der Waals surface area contributed by atoms with Gasteiger partial charge in [-0.1, -0.05) is 37.6 Å². The first-order chi connectivity index (χ1) is 15.5. The maximum Gasteiger partial charge on any atom is 0.321 e. The van der Waals surface area contributed by atoms with Crippen molar-refractivity contribution in [1.82, 2.24) is 9.55 Å². The Hall–Kier alpha value is -3.75. The second-order valence-corrected chi connectivity index (χ2v) is 7.64. The number of fused-ring (bicyclic) bond motifs is 3. The van der Waals surface area contributed by atoms with Crippen molar-refractivity contribution in [2.75, 3.05) is 18.1 Å². The second-order valence-electron chi connectivity index (χ2n) is 7.64. The summed E-state index contributed by atoms with van der Waals surface area (Å²) in [6.07, 6.45) is 1.61. The molecular weight excluding hydrogens is 412 g/mol. The molecule has 0 radical (unpaired) electrons. The molecule has 1 aliphatic rings. The van der Waals surface area contributed by atoms with Crippen LogP contribution in [0.3, 0.4) is 0 Å². The molecule has 1 aliphatic heterocycles. The van der Waals surface area contributed by atoms with E-state index in [-0.39, 0.29) is 12.3 Å². The van der Waals surface area contributed by atoms with Crippen LogP contribution in [0.2, 0.25) is 0 Å². The number of nitrogens with zero attached hydrogens (tertiary/aromatic N) is 4. The number of hydrogen-bond acceptors (Lipinski definition) is 6. The summed E-state index contributed by atoms with van der Waals surface area (Å²) in [4.78, 5) is 43.8. The SMILES string of the molecule is CCCCN1C(=O)[C@H](C(=O)OCC)[C@@H](c2cccc([N+](=O)[O-])c2)n2c1nc1ccccc12. The standard InChI is InChI=1S/C23H24N4O5/c1-3-5-13-25-21(28)19(22(29)32-4-2)20(15-9-8-10-16(14-15)27(30)31)26-18-12-7-6-11-17(18)24-23(25)26/h6-12,14,19-20H,3-5,13H2,1-2H3/t19-,20-/m1/s1. The van der Waals surface area contributed by atoms with Crippen LogP contribution in [0.5, 0.6) is 0 Å². The highest BCUT2D eigenvalue weighted by atomic mass is 16.6. The number of hydrogen-bond donors (Lipinski definition) is 0. The van der Waals surface area contributed by atoms with Gasteiger partial charge in [-0.2, -0.15) is 0 Å². The molecule has 9 heteroatoms. The summed E-state index contributed by atoms with van der Waals surface area (Å²) in [5.41, 5.74) is 1.78. The van der Waals surface area contributed by atoms with E-state index in [9.17, 15) is 19.7 Å². The minimum Gasteiger partial charge on any atom is -0.465 e. The molecule has 0 fully saturated rings. The lowest BCUT2D eigenvalue weighted by Crippen LogP contribution is -2.50. The van der Waals surface area contributed by atoms with Gasteiger partial charge < -0.3 is 9.30 Å². The molecule has 1 amide bonds. The molecule has 166 valence electrons. The fraction of sp³-hybridized carbons (Fsp3) is 0.348. The van der Waals surface area contributed by atoms with Gasteiger partial charge in [0.1, 0.15) is 0 Å². The van der Waals surface area contributed by atoms with Crippen molar-refractivity contribution in [3.63, 3.8) is 0 Å². The van der Waals surface area contributed by atoms with Crippen molar-refractivity contribution in [1.29, 1.82) is 0 Å². The van der Waals surface area contributed by atoms with Crippen molar-refractivity contribution < 1.29 is 19.2 Å². The third kappa shape index (κ3) is 3.59. The Labute approximate surface area is 184 Å². The largest absolute Gasteiger partial charge is 0.465 e. The number of carbonyl (C=O) groups is 2. The summed E-state index contributed by atoms with van der Waals surface area (Å²) in [7, 11) is 0. The Kier molecular flexibility index (Phi) is 5.89.